The zero-order valence-electron chi connectivity index (χ0n) is 6.70. The minimum absolute atomic E-state index is 1.26. The first-order valence-electron chi connectivity index (χ1n) is 3.79. The predicted molar refractivity (Wildman–Crippen MR) is 83.0 cm³/mol. The van der Waals surface area contributed by atoms with Gasteiger partial charge in [-0.15, -0.1) is 0 Å². The van der Waals surface area contributed by atoms with Gasteiger partial charge in [0.2, 0.25) is 0 Å². The summed E-state index contributed by atoms with van der Waals surface area (Å²) in [5.74, 6) is 0. The van der Waals surface area contributed by atoms with E-state index in [0.29, 0.717) is 0 Å². The van der Waals surface area contributed by atoms with E-state index in [2.05, 4.69) is 79.9 Å². The van der Waals surface area contributed by atoms with E-state index in [4.69, 9.17) is 0 Å². The van der Waals surface area contributed by atoms with Crippen molar-refractivity contribution >= 4 is 78.0 Å². The Labute approximate surface area is 117 Å². The maximum atomic E-state index is 2.46. The van der Waals surface area contributed by atoms with Crippen LogP contribution in [0.3, 0.4) is 0 Å². The van der Waals surface area contributed by atoms with Crippen molar-refractivity contribution in [2.24, 2.45) is 0 Å². The van der Waals surface area contributed by atoms with Gasteiger partial charge in [-0.25, -0.2) is 0 Å². The normalized spacial score (nSPS) is 10.6. The SMILES string of the molecule is [SiH3]CCc1c(I)ccc(I)c1I. The molecular weight excluding hydrogens is 505 g/mol. The minimum atomic E-state index is 1.26. The van der Waals surface area contributed by atoms with Crippen molar-refractivity contribution in [3.63, 3.8) is 0 Å². The number of rotatable bonds is 2. The Bertz CT molecular complexity index is 286. The number of hydrogen-bond acceptors (Lipinski definition) is 0. The van der Waals surface area contributed by atoms with Gasteiger partial charge in [0.05, 0.1) is 0 Å². The van der Waals surface area contributed by atoms with Crippen LogP contribution in [0.5, 0.6) is 0 Å². The molecule has 12 heavy (non-hydrogen) atoms. The number of benzene rings is 1. The van der Waals surface area contributed by atoms with Gasteiger partial charge in [-0.2, -0.15) is 0 Å². The molecule has 0 aliphatic carbocycles. The summed E-state index contributed by atoms with van der Waals surface area (Å²) in [6.07, 6.45) is 1.26. The molecule has 0 saturated carbocycles. The maximum absolute atomic E-state index is 2.46. The lowest BCUT2D eigenvalue weighted by Crippen LogP contribution is -1.95. The summed E-state index contributed by atoms with van der Waals surface area (Å²) in [6.45, 7) is 0. The van der Waals surface area contributed by atoms with E-state index in [1.54, 1.807) is 5.56 Å². The van der Waals surface area contributed by atoms with Crippen molar-refractivity contribution in [3.8, 4) is 0 Å². The van der Waals surface area contributed by atoms with Crippen molar-refractivity contribution in [1.29, 1.82) is 0 Å². The third-order valence-electron chi connectivity index (χ3n) is 1.64. The highest BCUT2D eigenvalue weighted by Crippen LogP contribution is 2.25. The Morgan fingerprint density at radius 1 is 1.08 bits per heavy atom. The molecule has 0 aliphatic rings. The van der Waals surface area contributed by atoms with Crippen LogP contribution in [0.15, 0.2) is 12.1 Å². The minimum Gasteiger partial charge on any atom is -0.0618 e. The molecule has 0 N–H and O–H groups in total. The molecule has 1 rings (SSSR count). The lowest BCUT2D eigenvalue weighted by Gasteiger charge is -2.07. The fraction of sp³-hybridized carbons (Fsp3) is 0.250. The van der Waals surface area contributed by atoms with E-state index in [9.17, 15) is 0 Å². The van der Waals surface area contributed by atoms with E-state index in [1.807, 2.05) is 0 Å². The van der Waals surface area contributed by atoms with Crippen LogP contribution >= 0.6 is 67.8 Å². The zero-order chi connectivity index (χ0) is 9.14. The summed E-state index contributed by atoms with van der Waals surface area (Å²) < 4.78 is 4.27. The van der Waals surface area contributed by atoms with Crippen molar-refractivity contribution in [3.05, 3.63) is 28.4 Å². The Morgan fingerprint density at radius 3 is 2.25 bits per heavy atom. The highest BCUT2D eigenvalue weighted by molar-refractivity contribution is 14.1. The molecular formula is C8H9I3Si. The van der Waals surface area contributed by atoms with Crippen LogP contribution in [0.4, 0.5) is 0 Å². The van der Waals surface area contributed by atoms with Gasteiger partial charge in [0.1, 0.15) is 0 Å². The second-order valence-corrected chi connectivity index (χ2v) is 6.97. The first kappa shape index (κ1) is 11.7. The van der Waals surface area contributed by atoms with Crippen LogP contribution in [0.1, 0.15) is 5.56 Å². The van der Waals surface area contributed by atoms with Crippen LogP contribution in [0.2, 0.25) is 6.04 Å². The highest BCUT2D eigenvalue weighted by Gasteiger charge is 2.06. The van der Waals surface area contributed by atoms with Crippen LogP contribution in [-0.2, 0) is 6.42 Å². The monoisotopic (exact) mass is 514 g/mol. The standard InChI is InChI=1S/C8H9I3Si/c9-6-1-2-7(10)8(11)5(6)3-4-12/h1-2H,3-4H2,12H3. The van der Waals surface area contributed by atoms with Gasteiger partial charge in [-0.05, 0) is 91.9 Å². The molecule has 66 valence electrons. The molecule has 0 aromatic heterocycles. The van der Waals surface area contributed by atoms with Crippen LogP contribution in [0.25, 0.3) is 0 Å². The molecule has 0 heterocycles. The summed E-state index contributed by atoms with van der Waals surface area (Å²) >= 11 is 7.30. The molecule has 0 unspecified atom stereocenters. The van der Waals surface area contributed by atoms with Crippen molar-refractivity contribution < 1.29 is 0 Å². The van der Waals surface area contributed by atoms with Crippen LogP contribution in [-0.4, -0.2) is 10.2 Å². The van der Waals surface area contributed by atoms with E-state index >= 15 is 0 Å². The fourth-order valence-electron chi connectivity index (χ4n) is 1.05. The Hall–Kier alpha value is 1.63. The Kier molecular flexibility index (Phi) is 5.36. The third kappa shape index (κ3) is 2.81. The molecule has 0 fully saturated rings. The molecule has 0 nitrogen and oxygen atoms in total. The molecule has 4 heteroatoms. The smallest absolute Gasteiger partial charge is 0.0306 e. The fourth-order valence-corrected chi connectivity index (χ4v) is 4.03. The van der Waals surface area contributed by atoms with Gasteiger partial charge in [-0.1, -0.05) is 6.04 Å². The summed E-state index contributed by atoms with van der Waals surface area (Å²) in [5.41, 5.74) is 1.55. The van der Waals surface area contributed by atoms with Crippen molar-refractivity contribution in [2.45, 2.75) is 12.5 Å². The van der Waals surface area contributed by atoms with Crippen molar-refractivity contribution in [1.82, 2.24) is 0 Å². The largest absolute Gasteiger partial charge is 0.0618 e. The summed E-state index contributed by atoms with van der Waals surface area (Å²) in [5, 5.41) is 0. The lowest BCUT2D eigenvalue weighted by atomic mass is 10.2. The maximum Gasteiger partial charge on any atom is 0.0306 e. The first-order valence-corrected chi connectivity index (χ1v) is 8.44. The van der Waals surface area contributed by atoms with Gasteiger partial charge >= 0.3 is 0 Å². The third-order valence-corrected chi connectivity index (χ3v) is 6.31. The van der Waals surface area contributed by atoms with E-state index in [0.717, 1.165) is 0 Å². The van der Waals surface area contributed by atoms with Gasteiger partial charge in [0.15, 0.2) is 0 Å². The van der Waals surface area contributed by atoms with Gasteiger partial charge in [-0.3, -0.25) is 0 Å². The first-order chi connectivity index (χ1) is 5.66. The molecule has 0 aliphatic heterocycles. The molecule has 0 amide bonds. The quantitative estimate of drug-likeness (QED) is 0.324. The molecule has 0 spiro atoms. The molecule has 0 bridgehead atoms. The van der Waals surface area contributed by atoms with Crippen molar-refractivity contribution in [2.75, 3.05) is 0 Å². The number of hydrogen-bond donors (Lipinski definition) is 0. The summed E-state index contributed by atoms with van der Waals surface area (Å²) in [7, 11) is 1.31. The summed E-state index contributed by atoms with van der Waals surface area (Å²) in [4.78, 5) is 0. The second-order valence-electron chi connectivity index (χ2n) is 2.57. The zero-order valence-corrected chi connectivity index (χ0v) is 15.2. The van der Waals surface area contributed by atoms with E-state index in [1.165, 1.54) is 33.4 Å². The van der Waals surface area contributed by atoms with E-state index < -0.39 is 0 Å². The van der Waals surface area contributed by atoms with Crippen LogP contribution < -0.4 is 0 Å². The molecule has 0 atom stereocenters. The topological polar surface area (TPSA) is 0 Å². The average Bonchev–Trinajstić information content (AvgIpc) is 2.06. The molecule has 0 radical (unpaired) electrons. The van der Waals surface area contributed by atoms with Gasteiger partial charge in [0, 0.05) is 21.0 Å². The van der Waals surface area contributed by atoms with Gasteiger partial charge < -0.3 is 0 Å². The highest BCUT2D eigenvalue weighted by atomic mass is 127. The van der Waals surface area contributed by atoms with Crippen LogP contribution in [0, 0.1) is 10.7 Å². The van der Waals surface area contributed by atoms with Gasteiger partial charge in [0.25, 0.3) is 0 Å². The van der Waals surface area contributed by atoms with E-state index in [-0.39, 0.29) is 0 Å². The Balaban J connectivity index is 3.14. The average molecular weight is 514 g/mol. The molecule has 1 aromatic carbocycles. The number of halogens is 3. The second kappa shape index (κ2) is 5.49. The molecule has 0 saturated heterocycles. The summed E-state index contributed by atoms with van der Waals surface area (Å²) in [6, 6.07) is 5.78. The molecule has 1 aromatic rings. The lowest BCUT2D eigenvalue weighted by molar-refractivity contribution is 1.10. The Morgan fingerprint density at radius 2 is 1.67 bits per heavy atom. The predicted octanol–water partition coefficient (Wildman–Crippen LogP) is 2.83.